The van der Waals surface area contributed by atoms with Gasteiger partial charge in [0.15, 0.2) is 5.78 Å². The number of benzene rings is 2. The van der Waals surface area contributed by atoms with E-state index in [9.17, 15) is 4.79 Å². The fraction of sp³-hybridized carbons (Fsp3) is 0.167. The van der Waals surface area contributed by atoms with Gasteiger partial charge in [0.1, 0.15) is 5.75 Å². The molecular weight excluding hydrogens is 276 g/mol. The van der Waals surface area contributed by atoms with Crippen molar-refractivity contribution in [2.45, 2.75) is 19.6 Å². The average molecular weight is 296 g/mol. The highest BCUT2D eigenvalue weighted by Gasteiger charge is 2.16. The monoisotopic (exact) mass is 296 g/mol. The van der Waals surface area contributed by atoms with Gasteiger partial charge in [-0.15, -0.1) is 0 Å². The first-order chi connectivity index (χ1) is 9.94. The molecule has 0 aliphatic carbocycles. The van der Waals surface area contributed by atoms with Crippen molar-refractivity contribution in [3.63, 3.8) is 0 Å². The summed E-state index contributed by atoms with van der Waals surface area (Å²) in [7, 11) is -1.60. The number of carbonyl (C=O) groups is 1. The van der Waals surface area contributed by atoms with Crippen LogP contribution in [0.25, 0.3) is 6.08 Å². The molecule has 0 spiro atoms. The van der Waals surface area contributed by atoms with Gasteiger partial charge in [-0.2, -0.15) is 0 Å². The SMILES string of the molecule is C[Si](C)(C)Oc1ccc(C(=O)/C=C/c2ccccc2)cc1. The molecular formula is C18H20O2Si. The van der Waals surface area contributed by atoms with Crippen molar-refractivity contribution in [3.8, 4) is 5.75 Å². The molecule has 0 radical (unpaired) electrons. The largest absolute Gasteiger partial charge is 0.544 e. The first-order valence-corrected chi connectivity index (χ1v) is 10.4. The molecule has 0 aliphatic heterocycles. The van der Waals surface area contributed by atoms with Gasteiger partial charge >= 0.3 is 0 Å². The van der Waals surface area contributed by atoms with Crippen LogP contribution in [0.2, 0.25) is 19.6 Å². The van der Waals surface area contributed by atoms with Crippen LogP contribution >= 0.6 is 0 Å². The zero-order valence-corrected chi connectivity index (χ0v) is 13.7. The third-order valence-corrected chi connectivity index (χ3v) is 3.64. The lowest BCUT2D eigenvalue weighted by molar-refractivity contribution is 0.104. The standard InChI is InChI=1S/C18H20O2Si/c1-21(2,3)20-17-12-10-16(11-13-17)18(19)14-9-15-7-5-4-6-8-15/h4-14H,1-3H3/b14-9+. The van der Waals surface area contributed by atoms with Gasteiger partial charge in [0, 0.05) is 5.56 Å². The summed E-state index contributed by atoms with van der Waals surface area (Å²) >= 11 is 0. The van der Waals surface area contributed by atoms with E-state index in [1.165, 1.54) is 0 Å². The highest BCUT2D eigenvalue weighted by atomic mass is 28.4. The van der Waals surface area contributed by atoms with Crippen molar-refractivity contribution in [2.75, 3.05) is 0 Å². The maximum absolute atomic E-state index is 12.1. The lowest BCUT2D eigenvalue weighted by Crippen LogP contribution is -2.29. The number of hydrogen-bond acceptors (Lipinski definition) is 2. The Morgan fingerprint density at radius 1 is 0.952 bits per heavy atom. The highest BCUT2D eigenvalue weighted by molar-refractivity contribution is 6.70. The summed E-state index contributed by atoms with van der Waals surface area (Å²) in [4.78, 5) is 12.1. The number of carbonyl (C=O) groups excluding carboxylic acids is 1. The molecule has 2 aromatic rings. The van der Waals surface area contributed by atoms with E-state index in [1.807, 2.05) is 60.7 Å². The van der Waals surface area contributed by atoms with Gasteiger partial charge in [0.2, 0.25) is 8.32 Å². The minimum Gasteiger partial charge on any atom is -0.544 e. The Kier molecular flexibility index (Phi) is 4.76. The van der Waals surface area contributed by atoms with Crippen LogP contribution in [0, 0.1) is 0 Å². The van der Waals surface area contributed by atoms with Crippen LogP contribution in [0.15, 0.2) is 60.7 Å². The Morgan fingerprint density at radius 3 is 2.14 bits per heavy atom. The first kappa shape index (κ1) is 15.3. The molecule has 0 atom stereocenters. The zero-order valence-electron chi connectivity index (χ0n) is 12.7. The van der Waals surface area contributed by atoms with Crippen LogP contribution in [0.5, 0.6) is 5.75 Å². The molecule has 0 fully saturated rings. The average Bonchev–Trinajstić information content (AvgIpc) is 2.45. The van der Waals surface area contributed by atoms with Crippen molar-refractivity contribution in [1.29, 1.82) is 0 Å². The third-order valence-electron chi connectivity index (χ3n) is 2.79. The summed E-state index contributed by atoms with van der Waals surface area (Å²) in [6.07, 6.45) is 3.43. The van der Waals surface area contributed by atoms with Crippen LogP contribution < -0.4 is 4.43 Å². The van der Waals surface area contributed by atoms with Crippen molar-refractivity contribution < 1.29 is 9.22 Å². The van der Waals surface area contributed by atoms with Gasteiger partial charge < -0.3 is 4.43 Å². The molecule has 0 saturated heterocycles. The summed E-state index contributed by atoms with van der Waals surface area (Å²) in [5, 5.41) is 0. The summed E-state index contributed by atoms with van der Waals surface area (Å²) in [5.41, 5.74) is 1.69. The van der Waals surface area contributed by atoms with E-state index in [-0.39, 0.29) is 5.78 Å². The zero-order chi connectivity index (χ0) is 15.3. The molecule has 0 amide bonds. The normalized spacial score (nSPS) is 11.6. The summed E-state index contributed by atoms with van der Waals surface area (Å²) < 4.78 is 5.88. The van der Waals surface area contributed by atoms with Gasteiger partial charge in [0.05, 0.1) is 0 Å². The van der Waals surface area contributed by atoms with E-state index < -0.39 is 8.32 Å². The van der Waals surface area contributed by atoms with Gasteiger partial charge in [-0.25, -0.2) is 0 Å². The molecule has 0 aliphatic rings. The van der Waals surface area contributed by atoms with Gasteiger partial charge in [0.25, 0.3) is 0 Å². The van der Waals surface area contributed by atoms with Crippen LogP contribution in [0.4, 0.5) is 0 Å². The molecule has 2 aromatic carbocycles. The van der Waals surface area contributed by atoms with E-state index in [0.29, 0.717) is 5.56 Å². The molecule has 0 N–H and O–H groups in total. The Hall–Kier alpha value is -2.13. The molecule has 0 heterocycles. The molecule has 0 unspecified atom stereocenters. The fourth-order valence-corrected chi connectivity index (χ4v) is 2.72. The van der Waals surface area contributed by atoms with Crippen molar-refractivity contribution >= 4 is 20.2 Å². The topological polar surface area (TPSA) is 26.3 Å². The fourth-order valence-electron chi connectivity index (χ4n) is 1.87. The summed E-state index contributed by atoms with van der Waals surface area (Å²) in [5.74, 6) is 0.830. The highest BCUT2D eigenvalue weighted by Crippen LogP contribution is 2.17. The number of rotatable bonds is 5. The molecule has 0 saturated carbocycles. The molecule has 2 nitrogen and oxygen atoms in total. The van der Waals surface area contributed by atoms with Gasteiger partial charge in [-0.1, -0.05) is 36.4 Å². The lowest BCUT2D eigenvalue weighted by Gasteiger charge is -2.19. The predicted octanol–water partition coefficient (Wildman–Crippen LogP) is 4.80. The predicted molar refractivity (Wildman–Crippen MR) is 90.2 cm³/mol. The van der Waals surface area contributed by atoms with Crippen molar-refractivity contribution in [3.05, 3.63) is 71.8 Å². The second-order valence-electron chi connectivity index (χ2n) is 5.85. The van der Waals surface area contributed by atoms with Crippen LogP contribution in [-0.2, 0) is 0 Å². The number of ketones is 1. The third kappa shape index (κ3) is 5.04. The first-order valence-electron chi connectivity index (χ1n) is 7.01. The minimum absolute atomic E-state index is 0.00148. The van der Waals surface area contributed by atoms with Crippen LogP contribution in [0.3, 0.4) is 0 Å². The van der Waals surface area contributed by atoms with Gasteiger partial charge in [-0.3, -0.25) is 4.79 Å². The smallest absolute Gasteiger partial charge is 0.242 e. The van der Waals surface area contributed by atoms with E-state index in [4.69, 9.17) is 4.43 Å². The Morgan fingerprint density at radius 2 is 1.57 bits per heavy atom. The molecule has 2 rings (SSSR count). The second kappa shape index (κ2) is 6.55. The minimum atomic E-state index is -1.60. The summed E-state index contributed by atoms with van der Waals surface area (Å²) in [6, 6.07) is 17.1. The van der Waals surface area contributed by atoms with E-state index >= 15 is 0 Å². The Bertz CT molecular complexity index is 623. The second-order valence-corrected chi connectivity index (χ2v) is 10.3. The van der Waals surface area contributed by atoms with Crippen molar-refractivity contribution in [2.24, 2.45) is 0 Å². The van der Waals surface area contributed by atoms with Gasteiger partial charge in [-0.05, 0) is 55.5 Å². The molecule has 3 heteroatoms. The lowest BCUT2D eigenvalue weighted by atomic mass is 10.1. The van der Waals surface area contributed by atoms with Crippen LogP contribution in [0.1, 0.15) is 15.9 Å². The maximum atomic E-state index is 12.1. The molecule has 0 bridgehead atoms. The molecule has 0 aromatic heterocycles. The summed E-state index contributed by atoms with van der Waals surface area (Å²) in [6.45, 7) is 6.40. The number of allylic oxidation sites excluding steroid dienone is 1. The molecule has 108 valence electrons. The van der Waals surface area contributed by atoms with E-state index in [2.05, 4.69) is 19.6 Å². The van der Waals surface area contributed by atoms with E-state index in [1.54, 1.807) is 6.08 Å². The Balaban J connectivity index is 2.05. The number of hydrogen-bond donors (Lipinski definition) is 0. The quantitative estimate of drug-likeness (QED) is 0.450. The van der Waals surface area contributed by atoms with Crippen LogP contribution in [-0.4, -0.2) is 14.1 Å². The maximum Gasteiger partial charge on any atom is 0.242 e. The Labute approximate surface area is 127 Å². The molecule has 21 heavy (non-hydrogen) atoms. The van der Waals surface area contributed by atoms with E-state index in [0.717, 1.165) is 11.3 Å². The van der Waals surface area contributed by atoms with Crippen molar-refractivity contribution in [1.82, 2.24) is 0 Å².